The summed E-state index contributed by atoms with van der Waals surface area (Å²) in [7, 11) is 1.64. The summed E-state index contributed by atoms with van der Waals surface area (Å²) in [5.41, 5.74) is 1.22. The molecule has 2 aromatic carbocycles. The van der Waals surface area contributed by atoms with Crippen LogP contribution in [0, 0.1) is 0 Å². The molecule has 1 fully saturated rings. The Morgan fingerprint density at radius 3 is 2.79 bits per heavy atom. The molecular formula is C19H22ClNO3. The number of hydrogen-bond donors (Lipinski definition) is 0. The van der Waals surface area contributed by atoms with E-state index in [-0.39, 0.29) is 6.10 Å². The molecule has 3 rings (SSSR count). The number of para-hydroxylation sites is 2. The van der Waals surface area contributed by atoms with E-state index in [2.05, 4.69) is 11.0 Å². The van der Waals surface area contributed by atoms with E-state index in [0.717, 1.165) is 36.2 Å². The Labute approximate surface area is 147 Å². The van der Waals surface area contributed by atoms with E-state index in [0.29, 0.717) is 13.2 Å². The number of ether oxygens (including phenoxy) is 3. The Balaban J connectivity index is 1.54. The van der Waals surface area contributed by atoms with Crippen molar-refractivity contribution in [2.75, 3.05) is 33.4 Å². The first-order valence-electron chi connectivity index (χ1n) is 8.09. The summed E-state index contributed by atoms with van der Waals surface area (Å²) in [6, 6.07) is 15.7. The van der Waals surface area contributed by atoms with Gasteiger partial charge in [0.2, 0.25) is 0 Å². The van der Waals surface area contributed by atoms with Gasteiger partial charge in [-0.05, 0) is 29.8 Å². The minimum atomic E-state index is 0.0443. The lowest BCUT2D eigenvalue weighted by molar-refractivity contribution is -0.0506. The van der Waals surface area contributed by atoms with E-state index in [9.17, 15) is 0 Å². The van der Waals surface area contributed by atoms with Crippen LogP contribution in [0.15, 0.2) is 48.5 Å². The summed E-state index contributed by atoms with van der Waals surface area (Å²) in [4.78, 5) is 2.37. The summed E-state index contributed by atoms with van der Waals surface area (Å²) in [5.74, 6) is 1.49. The van der Waals surface area contributed by atoms with Gasteiger partial charge in [-0.1, -0.05) is 35.9 Å². The molecule has 0 bridgehead atoms. The average Bonchev–Trinajstić information content (AvgIpc) is 2.60. The normalized spacial score (nSPS) is 18.3. The lowest BCUT2D eigenvalue weighted by Gasteiger charge is -2.32. The van der Waals surface area contributed by atoms with E-state index in [1.165, 1.54) is 5.56 Å². The van der Waals surface area contributed by atoms with Crippen molar-refractivity contribution in [1.82, 2.24) is 4.90 Å². The van der Waals surface area contributed by atoms with Crippen LogP contribution in [0.5, 0.6) is 11.5 Å². The fourth-order valence-electron chi connectivity index (χ4n) is 2.84. The molecule has 1 heterocycles. The molecular weight excluding hydrogens is 326 g/mol. The third kappa shape index (κ3) is 4.63. The Morgan fingerprint density at radius 2 is 2.00 bits per heavy atom. The van der Waals surface area contributed by atoms with Gasteiger partial charge >= 0.3 is 0 Å². The first kappa shape index (κ1) is 17.1. The molecule has 4 nitrogen and oxygen atoms in total. The second-order valence-electron chi connectivity index (χ2n) is 5.82. The molecule has 1 aliphatic rings. The van der Waals surface area contributed by atoms with Crippen molar-refractivity contribution in [3.8, 4) is 11.5 Å². The van der Waals surface area contributed by atoms with Gasteiger partial charge in [0.1, 0.15) is 12.7 Å². The maximum absolute atomic E-state index is 6.06. The molecule has 0 saturated carbocycles. The SMILES string of the molecule is COc1ccccc1OCC1CN(Cc2cccc(Cl)c2)CCO1. The monoisotopic (exact) mass is 347 g/mol. The molecule has 5 heteroatoms. The van der Waals surface area contributed by atoms with Gasteiger partial charge < -0.3 is 14.2 Å². The summed E-state index contributed by atoms with van der Waals surface area (Å²) in [6.45, 7) is 3.83. The molecule has 0 spiro atoms. The molecule has 2 aromatic rings. The highest BCUT2D eigenvalue weighted by Gasteiger charge is 2.21. The van der Waals surface area contributed by atoms with Crippen molar-refractivity contribution < 1.29 is 14.2 Å². The lowest BCUT2D eigenvalue weighted by Crippen LogP contribution is -2.44. The molecule has 0 radical (unpaired) electrons. The van der Waals surface area contributed by atoms with E-state index < -0.39 is 0 Å². The first-order chi connectivity index (χ1) is 11.7. The van der Waals surface area contributed by atoms with Crippen LogP contribution in [0.1, 0.15) is 5.56 Å². The van der Waals surface area contributed by atoms with E-state index in [1.54, 1.807) is 7.11 Å². The second kappa shape index (κ2) is 8.38. The standard InChI is InChI=1S/C19H22ClNO3/c1-22-18-7-2-3-8-19(18)24-14-17-13-21(9-10-23-17)12-15-5-4-6-16(20)11-15/h2-8,11,17H,9-10,12-14H2,1H3. The minimum absolute atomic E-state index is 0.0443. The third-order valence-corrected chi connectivity index (χ3v) is 4.25. The Bertz CT molecular complexity index is 665. The van der Waals surface area contributed by atoms with Gasteiger partial charge in [0.05, 0.1) is 13.7 Å². The number of nitrogens with zero attached hydrogens (tertiary/aromatic N) is 1. The summed E-state index contributed by atoms with van der Waals surface area (Å²) in [5, 5.41) is 0.775. The highest BCUT2D eigenvalue weighted by molar-refractivity contribution is 6.30. The van der Waals surface area contributed by atoms with Gasteiger partial charge in [-0.2, -0.15) is 0 Å². The average molecular weight is 348 g/mol. The summed E-state index contributed by atoms with van der Waals surface area (Å²) in [6.07, 6.45) is 0.0443. The van der Waals surface area contributed by atoms with Crippen LogP contribution in [0.25, 0.3) is 0 Å². The van der Waals surface area contributed by atoms with Gasteiger partial charge in [0.15, 0.2) is 11.5 Å². The van der Waals surface area contributed by atoms with E-state index in [1.807, 2.05) is 42.5 Å². The van der Waals surface area contributed by atoms with Crippen LogP contribution in [0.3, 0.4) is 0 Å². The number of benzene rings is 2. The van der Waals surface area contributed by atoms with Crippen LogP contribution in [0.4, 0.5) is 0 Å². The maximum atomic E-state index is 6.06. The molecule has 1 atom stereocenters. The quantitative estimate of drug-likeness (QED) is 0.798. The Kier molecular flexibility index (Phi) is 5.96. The Morgan fingerprint density at radius 1 is 1.17 bits per heavy atom. The predicted octanol–water partition coefficient (Wildman–Crippen LogP) is 3.63. The first-order valence-corrected chi connectivity index (χ1v) is 8.46. The topological polar surface area (TPSA) is 30.9 Å². The van der Waals surface area contributed by atoms with Gasteiger partial charge in [0, 0.05) is 24.7 Å². The molecule has 0 amide bonds. The van der Waals surface area contributed by atoms with Crippen LogP contribution >= 0.6 is 11.6 Å². The van der Waals surface area contributed by atoms with Crippen molar-refractivity contribution >= 4 is 11.6 Å². The van der Waals surface area contributed by atoms with Crippen molar-refractivity contribution in [3.63, 3.8) is 0 Å². The summed E-state index contributed by atoms with van der Waals surface area (Å²) >= 11 is 6.06. The lowest BCUT2D eigenvalue weighted by atomic mass is 10.2. The molecule has 0 aliphatic carbocycles. The number of morpholine rings is 1. The van der Waals surface area contributed by atoms with Gasteiger partial charge in [-0.15, -0.1) is 0 Å². The van der Waals surface area contributed by atoms with Crippen molar-refractivity contribution in [2.24, 2.45) is 0 Å². The molecule has 1 unspecified atom stereocenters. The van der Waals surface area contributed by atoms with Crippen LogP contribution in [-0.4, -0.2) is 44.4 Å². The number of rotatable bonds is 6. The molecule has 0 N–H and O–H groups in total. The fraction of sp³-hybridized carbons (Fsp3) is 0.368. The molecule has 1 aliphatic heterocycles. The van der Waals surface area contributed by atoms with E-state index >= 15 is 0 Å². The minimum Gasteiger partial charge on any atom is -0.493 e. The zero-order valence-corrected chi connectivity index (χ0v) is 14.5. The predicted molar refractivity (Wildman–Crippen MR) is 95.0 cm³/mol. The number of halogens is 1. The maximum Gasteiger partial charge on any atom is 0.161 e. The van der Waals surface area contributed by atoms with Crippen molar-refractivity contribution in [3.05, 3.63) is 59.1 Å². The fourth-order valence-corrected chi connectivity index (χ4v) is 3.05. The zero-order chi connectivity index (χ0) is 16.8. The molecule has 1 saturated heterocycles. The van der Waals surface area contributed by atoms with Crippen LogP contribution in [-0.2, 0) is 11.3 Å². The van der Waals surface area contributed by atoms with E-state index in [4.69, 9.17) is 25.8 Å². The third-order valence-electron chi connectivity index (χ3n) is 4.01. The highest BCUT2D eigenvalue weighted by atomic mass is 35.5. The zero-order valence-electron chi connectivity index (χ0n) is 13.8. The van der Waals surface area contributed by atoms with Gasteiger partial charge in [0.25, 0.3) is 0 Å². The summed E-state index contributed by atoms with van der Waals surface area (Å²) < 4.78 is 17.0. The largest absolute Gasteiger partial charge is 0.493 e. The Hall–Kier alpha value is -1.75. The number of hydrogen-bond acceptors (Lipinski definition) is 4. The molecule has 128 valence electrons. The van der Waals surface area contributed by atoms with Gasteiger partial charge in [-0.25, -0.2) is 0 Å². The van der Waals surface area contributed by atoms with Gasteiger partial charge in [-0.3, -0.25) is 4.90 Å². The van der Waals surface area contributed by atoms with Crippen LogP contribution in [0.2, 0.25) is 5.02 Å². The van der Waals surface area contributed by atoms with Crippen molar-refractivity contribution in [2.45, 2.75) is 12.6 Å². The van der Waals surface area contributed by atoms with Crippen LogP contribution < -0.4 is 9.47 Å². The smallest absolute Gasteiger partial charge is 0.161 e. The molecule has 0 aromatic heterocycles. The molecule has 24 heavy (non-hydrogen) atoms. The second-order valence-corrected chi connectivity index (χ2v) is 6.26. The highest BCUT2D eigenvalue weighted by Crippen LogP contribution is 2.26. The number of methoxy groups -OCH3 is 1. The van der Waals surface area contributed by atoms with Crippen molar-refractivity contribution in [1.29, 1.82) is 0 Å².